The normalized spacial score (nSPS) is 11.3. The van der Waals surface area contributed by atoms with Crippen molar-refractivity contribution >= 4 is 45.0 Å². The molecule has 1 amide bonds. The highest BCUT2D eigenvalue weighted by Crippen LogP contribution is 2.32. The minimum atomic E-state index is -3.79. The molecule has 0 bridgehead atoms. The number of carbonyl (C=O) groups excluding carboxylic acids is 1. The molecular weight excluding hydrogens is 480 g/mol. The number of primary sulfonamides is 1. The van der Waals surface area contributed by atoms with Crippen LogP contribution in [0.15, 0.2) is 95.1 Å². The second-order valence-corrected chi connectivity index (χ2v) is 9.90. The molecule has 4 aromatic rings. The summed E-state index contributed by atoms with van der Waals surface area (Å²) in [5, 5.41) is 9.02. The Hall–Kier alpha value is -3.11. The van der Waals surface area contributed by atoms with E-state index in [-0.39, 0.29) is 16.6 Å². The maximum atomic E-state index is 12.5. The number of carbonyl (C=O) groups is 1. The molecule has 1 heterocycles. The Kier molecular flexibility index (Phi) is 6.85. The highest BCUT2D eigenvalue weighted by molar-refractivity contribution is 7.99. The Labute approximate surface area is 200 Å². The second-order valence-electron chi connectivity index (χ2n) is 6.99. The Morgan fingerprint density at radius 1 is 1.00 bits per heavy atom. The first-order valence-corrected chi connectivity index (χ1v) is 12.7. The topological polar surface area (TPSA) is 107 Å². The van der Waals surface area contributed by atoms with E-state index in [9.17, 15) is 13.2 Å². The van der Waals surface area contributed by atoms with Crippen molar-refractivity contribution in [3.05, 3.63) is 90.1 Å². The molecule has 0 atom stereocenters. The zero-order valence-corrected chi connectivity index (χ0v) is 19.6. The third kappa shape index (κ3) is 5.45. The van der Waals surface area contributed by atoms with Crippen LogP contribution in [-0.4, -0.2) is 29.6 Å². The predicted molar refractivity (Wildman–Crippen MR) is 131 cm³/mol. The first kappa shape index (κ1) is 23.1. The third-order valence-corrected chi connectivity index (χ3v) is 6.89. The number of nitrogens with one attached hydrogen (secondary N) is 1. The predicted octanol–water partition coefficient (Wildman–Crippen LogP) is 4.57. The molecule has 3 aromatic carbocycles. The van der Waals surface area contributed by atoms with Crippen molar-refractivity contribution in [1.29, 1.82) is 0 Å². The average molecular weight is 499 g/mol. The van der Waals surface area contributed by atoms with Gasteiger partial charge in [-0.15, -0.1) is 0 Å². The van der Waals surface area contributed by atoms with Crippen LogP contribution in [0.25, 0.3) is 16.9 Å². The number of thioether (sulfide) groups is 1. The molecule has 10 heteroatoms. The van der Waals surface area contributed by atoms with Gasteiger partial charge in [0, 0.05) is 11.3 Å². The van der Waals surface area contributed by atoms with Gasteiger partial charge >= 0.3 is 0 Å². The molecule has 7 nitrogen and oxygen atoms in total. The van der Waals surface area contributed by atoms with Crippen LogP contribution in [0.2, 0.25) is 5.02 Å². The van der Waals surface area contributed by atoms with Crippen LogP contribution in [-0.2, 0) is 14.8 Å². The number of nitrogens with zero attached hydrogens (tertiary/aromatic N) is 2. The van der Waals surface area contributed by atoms with E-state index in [1.54, 1.807) is 12.3 Å². The van der Waals surface area contributed by atoms with E-state index < -0.39 is 10.0 Å². The van der Waals surface area contributed by atoms with Gasteiger partial charge in [-0.05, 0) is 36.4 Å². The summed E-state index contributed by atoms with van der Waals surface area (Å²) >= 11 is 7.74. The monoisotopic (exact) mass is 498 g/mol. The Morgan fingerprint density at radius 3 is 2.33 bits per heavy atom. The summed E-state index contributed by atoms with van der Waals surface area (Å²) in [6.45, 7) is 0. The van der Waals surface area contributed by atoms with Crippen LogP contribution in [0.5, 0.6) is 0 Å². The van der Waals surface area contributed by atoms with Crippen molar-refractivity contribution in [3.63, 3.8) is 0 Å². The standard InChI is InChI=1S/C23H19ClN4O3S2/c24-19-8-4-5-9-20(19)28-21(16-6-2-1-3-7-16)14-26-23(28)32-15-22(29)27-17-10-12-18(13-11-17)33(25,30)31/h1-14H,15H2,(H,27,29)(H2,25,30,31). The SMILES string of the molecule is NS(=O)(=O)c1ccc(NC(=O)CSc2ncc(-c3ccccc3)n2-c2ccccc2Cl)cc1. The molecule has 0 aliphatic rings. The number of sulfonamides is 1. The first-order valence-electron chi connectivity index (χ1n) is 9.76. The van der Waals surface area contributed by atoms with E-state index in [1.807, 2.05) is 53.1 Å². The smallest absolute Gasteiger partial charge is 0.238 e. The maximum absolute atomic E-state index is 12.5. The van der Waals surface area contributed by atoms with Gasteiger partial charge in [0.25, 0.3) is 0 Å². The van der Waals surface area contributed by atoms with Gasteiger partial charge in [0.15, 0.2) is 5.16 Å². The quantitative estimate of drug-likeness (QED) is 0.363. The molecule has 0 aliphatic heterocycles. The number of amides is 1. The van der Waals surface area contributed by atoms with Crippen molar-refractivity contribution in [2.45, 2.75) is 10.1 Å². The Morgan fingerprint density at radius 2 is 1.67 bits per heavy atom. The lowest BCUT2D eigenvalue weighted by Crippen LogP contribution is -2.15. The molecule has 0 saturated carbocycles. The minimum Gasteiger partial charge on any atom is -0.325 e. The minimum absolute atomic E-state index is 0.0231. The molecule has 0 unspecified atom stereocenters. The van der Waals surface area contributed by atoms with E-state index in [2.05, 4.69) is 10.3 Å². The third-order valence-electron chi connectivity index (χ3n) is 4.69. The highest BCUT2D eigenvalue weighted by Gasteiger charge is 2.17. The Bertz CT molecular complexity index is 1390. The number of hydrogen-bond acceptors (Lipinski definition) is 5. The fourth-order valence-electron chi connectivity index (χ4n) is 3.17. The molecule has 3 N–H and O–H groups in total. The summed E-state index contributed by atoms with van der Waals surface area (Å²) in [6, 6.07) is 22.9. The van der Waals surface area contributed by atoms with E-state index in [4.69, 9.17) is 16.7 Å². The fraction of sp³-hybridized carbons (Fsp3) is 0.0435. The molecule has 0 aliphatic carbocycles. The molecular formula is C23H19ClN4O3S2. The fourth-order valence-corrected chi connectivity index (χ4v) is 4.69. The summed E-state index contributed by atoms with van der Waals surface area (Å²) in [5.41, 5.74) is 3.05. The molecule has 0 spiro atoms. The molecule has 1 aromatic heterocycles. The van der Waals surface area contributed by atoms with Gasteiger partial charge in [0.1, 0.15) is 0 Å². The second kappa shape index (κ2) is 9.80. The van der Waals surface area contributed by atoms with Crippen LogP contribution >= 0.6 is 23.4 Å². The molecule has 168 valence electrons. The van der Waals surface area contributed by atoms with Crippen molar-refractivity contribution < 1.29 is 13.2 Å². The van der Waals surface area contributed by atoms with Crippen LogP contribution in [0.4, 0.5) is 5.69 Å². The van der Waals surface area contributed by atoms with Crippen molar-refractivity contribution in [2.75, 3.05) is 11.1 Å². The highest BCUT2D eigenvalue weighted by atomic mass is 35.5. The lowest BCUT2D eigenvalue weighted by atomic mass is 10.1. The van der Waals surface area contributed by atoms with Crippen LogP contribution in [0, 0.1) is 0 Å². The number of halogens is 1. The lowest BCUT2D eigenvalue weighted by Gasteiger charge is -2.13. The van der Waals surface area contributed by atoms with Gasteiger partial charge in [-0.2, -0.15) is 0 Å². The van der Waals surface area contributed by atoms with Crippen molar-refractivity contribution in [1.82, 2.24) is 9.55 Å². The number of para-hydroxylation sites is 1. The van der Waals surface area contributed by atoms with Gasteiger partial charge in [-0.1, -0.05) is 65.8 Å². The van der Waals surface area contributed by atoms with Gasteiger partial charge in [0.2, 0.25) is 15.9 Å². The van der Waals surface area contributed by atoms with E-state index in [0.717, 1.165) is 16.9 Å². The van der Waals surface area contributed by atoms with Gasteiger partial charge < -0.3 is 5.32 Å². The van der Waals surface area contributed by atoms with Gasteiger partial charge in [0.05, 0.1) is 33.2 Å². The van der Waals surface area contributed by atoms with Crippen LogP contribution in [0.3, 0.4) is 0 Å². The Balaban J connectivity index is 1.55. The van der Waals surface area contributed by atoms with Crippen LogP contribution in [0.1, 0.15) is 0 Å². The average Bonchev–Trinajstić information content (AvgIpc) is 3.22. The van der Waals surface area contributed by atoms with E-state index in [1.165, 1.54) is 36.0 Å². The van der Waals surface area contributed by atoms with E-state index in [0.29, 0.717) is 15.9 Å². The molecule has 0 radical (unpaired) electrons. The molecule has 4 rings (SSSR count). The number of nitrogens with two attached hydrogens (primary N) is 1. The van der Waals surface area contributed by atoms with Crippen molar-refractivity contribution in [2.24, 2.45) is 5.14 Å². The molecule has 0 fully saturated rings. The van der Waals surface area contributed by atoms with Crippen molar-refractivity contribution in [3.8, 4) is 16.9 Å². The maximum Gasteiger partial charge on any atom is 0.238 e. The summed E-state index contributed by atoms with van der Waals surface area (Å²) in [7, 11) is -3.79. The number of aromatic nitrogens is 2. The molecule has 33 heavy (non-hydrogen) atoms. The van der Waals surface area contributed by atoms with E-state index >= 15 is 0 Å². The number of anilines is 1. The largest absolute Gasteiger partial charge is 0.325 e. The number of benzene rings is 3. The molecule has 0 saturated heterocycles. The number of rotatable bonds is 7. The lowest BCUT2D eigenvalue weighted by molar-refractivity contribution is -0.113. The zero-order chi connectivity index (χ0) is 23.4. The summed E-state index contributed by atoms with van der Waals surface area (Å²) < 4.78 is 24.7. The van der Waals surface area contributed by atoms with Gasteiger partial charge in [-0.3, -0.25) is 9.36 Å². The first-order chi connectivity index (χ1) is 15.8. The van der Waals surface area contributed by atoms with Crippen LogP contribution < -0.4 is 10.5 Å². The van der Waals surface area contributed by atoms with Gasteiger partial charge in [-0.25, -0.2) is 18.5 Å². The number of hydrogen-bond donors (Lipinski definition) is 2. The summed E-state index contributed by atoms with van der Waals surface area (Å²) in [5.74, 6) is -0.176. The number of imidazole rings is 1. The summed E-state index contributed by atoms with van der Waals surface area (Å²) in [4.78, 5) is 17.0. The zero-order valence-electron chi connectivity index (χ0n) is 17.2. The summed E-state index contributed by atoms with van der Waals surface area (Å²) in [6.07, 6.45) is 1.75.